The van der Waals surface area contributed by atoms with Crippen molar-refractivity contribution in [1.29, 1.82) is 0 Å². The fourth-order valence-corrected chi connectivity index (χ4v) is 0.492. The van der Waals surface area contributed by atoms with E-state index in [0.717, 1.165) is 0 Å². The van der Waals surface area contributed by atoms with E-state index >= 15 is 0 Å². The van der Waals surface area contributed by atoms with Gasteiger partial charge in [0, 0.05) is 7.11 Å². The monoisotopic (exact) mass is 155 g/mol. The zero-order valence-corrected chi connectivity index (χ0v) is 5.68. The largest absolute Gasteiger partial charge is 0.726 e. The van der Waals surface area contributed by atoms with Crippen LogP contribution in [0.4, 0.5) is 0 Å². The third-order valence-corrected chi connectivity index (χ3v) is 0.970. The number of ether oxygens (including phenoxy) is 1. The molecule has 0 aromatic heterocycles. The van der Waals surface area contributed by atoms with Crippen LogP contribution in [0, 0.1) is 0 Å². The molecule has 0 rings (SSSR count). The summed E-state index contributed by atoms with van der Waals surface area (Å²) in [4.78, 5) is 0. The molecule has 5 nitrogen and oxygen atoms in total. The molecule has 0 aromatic rings. The van der Waals surface area contributed by atoms with Crippen molar-refractivity contribution in [3.63, 3.8) is 0 Å². The van der Waals surface area contributed by atoms with Gasteiger partial charge in [-0.1, -0.05) is 0 Å². The quantitative estimate of drug-likeness (QED) is 0.299. The first-order valence-corrected chi connectivity index (χ1v) is 3.49. The topological polar surface area (TPSA) is 75.7 Å². The van der Waals surface area contributed by atoms with Crippen molar-refractivity contribution in [3.05, 3.63) is 0 Å². The van der Waals surface area contributed by atoms with Crippen LogP contribution in [0.15, 0.2) is 0 Å². The summed E-state index contributed by atoms with van der Waals surface area (Å²) < 4.78 is 37.2. The first-order valence-electron chi connectivity index (χ1n) is 2.15. The molecule has 9 heavy (non-hydrogen) atoms. The molecule has 0 amide bonds. The Morgan fingerprint density at radius 3 is 2.33 bits per heavy atom. The molecule has 0 atom stereocenters. The Bertz CT molecular complexity index is 148. The highest BCUT2D eigenvalue weighted by Crippen LogP contribution is 1.83. The minimum atomic E-state index is -4.53. The Kier molecular flexibility index (Phi) is 3.71. The summed E-state index contributed by atoms with van der Waals surface area (Å²) >= 11 is 0. The third-order valence-electron chi connectivity index (χ3n) is 0.515. The summed E-state index contributed by atoms with van der Waals surface area (Å²) in [6, 6.07) is 0. The third kappa shape index (κ3) is 7.83. The first kappa shape index (κ1) is 8.83. The highest BCUT2D eigenvalue weighted by molar-refractivity contribution is 7.80. The van der Waals surface area contributed by atoms with Crippen LogP contribution in [0.3, 0.4) is 0 Å². The highest BCUT2D eigenvalue weighted by Gasteiger charge is 1.91. The molecule has 0 aliphatic rings. The van der Waals surface area contributed by atoms with Gasteiger partial charge in [0.15, 0.2) is 0 Å². The molecule has 0 saturated carbocycles. The summed E-state index contributed by atoms with van der Waals surface area (Å²) in [5.74, 6) is 0. The summed E-state index contributed by atoms with van der Waals surface area (Å²) in [6.07, 6.45) is 0. The van der Waals surface area contributed by atoms with Crippen molar-refractivity contribution in [2.75, 3.05) is 20.3 Å². The van der Waals surface area contributed by atoms with Crippen LogP contribution in [-0.2, 0) is 19.3 Å². The Morgan fingerprint density at radius 2 is 2.00 bits per heavy atom. The van der Waals surface area contributed by atoms with E-state index < -0.39 is 10.4 Å². The van der Waals surface area contributed by atoms with Gasteiger partial charge < -0.3 is 9.29 Å². The van der Waals surface area contributed by atoms with Crippen molar-refractivity contribution >= 4 is 10.4 Å². The Hall–Kier alpha value is -0.170. The minimum absolute atomic E-state index is 0.0987. The summed E-state index contributed by atoms with van der Waals surface area (Å²) in [5, 5.41) is 0. The number of methoxy groups -OCH3 is 1. The molecule has 0 saturated heterocycles. The Morgan fingerprint density at radius 1 is 1.44 bits per heavy atom. The van der Waals surface area contributed by atoms with Crippen LogP contribution in [-0.4, -0.2) is 33.3 Å². The lowest BCUT2D eigenvalue weighted by Gasteiger charge is -2.05. The molecule has 0 aromatic carbocycles. The van der Waals surface area contributed by atoms with Gasteiger partial charge in [-0.2, -0.15) is 0 Å². The highest BCUT2D eigenvalue weighted by atomic mass is 32.3. The summed E-state index contributed by atoms with van der Waals surface area (Å²) in [7, 11) is -3.15. The number of hydrogen-bond acceptors (Lipinski definition) is 5. The maximum Gasteiger partial charge on any atom is 0.217 e. The zero-order chi connectivity index (χ0) is 7.33. The molecule has 0 radical (unpaired) electrons. The Labute approximate surface area is 53.5 Å². The average Bonchev–Trinajstić information content (AvgIpc) is 1.63. The SMILES string of the molecule is COCCOS(=O)(=O)[O-]. The van der Waals surface area contributed by atoms with Gasteiger partial charge in [0.1, 0.15) is 0 Å². The molecular formula is C3H7O5S-. The van der Waals surface area contributed by atoms with E-state index in [4.69, 9.17) is 0 Å². The molecule has 0 aliphatic heterocycles. The molecule has 0 N–H and O–H groups in total. The first-order chi connectivity index (χ1) is 4.06. The fourth-order valence-electron chi connectivity index (χ4n) is 0.219. The van der Waals surface area contributed by atoms with Crippen LogP contribution >= 0.6 is 0 Å². The Balaban J connectivity index is 3.30. The van der Waals surface area contributed by atoms with E-state index in [-0.39, 0.29) is 13.2 Å². The summed E-state index contributed by atoms with van der Waals surface area (Å²) in [5.41, 5.74) is 0. The molecule has 6 heteroatoms. The average molecular weight is 155 g/mol. The normalized spacial score (nSPS) is 11.8. The predicted octanol–water partition coefficient (Wildman–Crippen LogP) is -0.890. The van der Waals surface area contributed by atoms with Crippen LogP contribution in [0.5, 0.6) is 0 Å². The van der Waals surface area contributed by atoms with Crippen LogP contribution < -0.4 is 0 Å². The molecule has 0 fully saturated rings. The smallest absolute Gasteiger partial charge is 0.217 e. The second-order valence-electron chi connectivity index (χ2n) is 1.22. The van der Waals surface area contributed by atoms with Gasteiger partial charge in [0.05, 0.1) is 13.2 Å². The van der Waals surface area contributed by atoms with E-state index in [1.807, 2.05) is 0 Å². The summed E-state index contributed by atoms with van der Waals surface area (Å²) in [6.45, 7) is -0.121. The van der Waals surface area contributed by atoms with Gasteiger partial charge in [-0.15, -0.1) is 0 Å². The lowest BCUT2D eigenvalue weighted by atomic mass is 10.8. The van der Waals surface area contributed by atoms with Crippen molar-refractivity contribution in [1.82, 2.24) is 0 Å². The van der Waals surface area contributed by atoms with Crippen molar-refractivity contribution in [2.45, 2.75) is 0 Å². The molecule has 0 spiro atoms. The van der Waals surface area contributed by atoms with E-state index in [1.165, 1.54) is 7.11 Å². The van der Waals surface area contributed by atoms with Gasteiger partial charge in [-0.25, -0.2) is 8.42 Å². The maximum absolute atomic E-state index is 9.67. The van der Waals surface area contributed by atoms with Gasteiger partial charge in [-0.3, -0.25) is 4.18 Å². The van der Waals surface area contributed by atoms with Gasteiger partial charge in [-0.05, 0) is 0 Å². The van der Waals surface area contributed by atoms with Crippen LogP contribution in [0.2, 0.25) is 0 Å². The number of rotatable bonds is 4. The molecule has 0 aliphatic carbocycles. The lowest BCUT2D eigenvalue weighted by Crippen LogP contribution is -2.08. The van der Waals surface area contributed by atoms with Crippen LogP contribution in [0.1, 0.15) is 0 Å². The minimum Gasteiger partial charge on any atom is -0.726 e. The van der Waals surface area contributed by atoms with E-state index in [1.54, 1.807) is 0 Å². The maximum atomic E-state index is 9.67. The van der Waals surface area contributed by atoms with Crippen molar-refractivity contribution in [2.24, 2.45) is 0 Å². The lowest BCUT2D eigenvalue weighted by molar-refractivity contribution is 0.139. The van der Waals surface area contributed by atoms with Gasteiger partial charge in [0.2, 0.25) is 10.4 Å². The molecule has 0 heterocycles. The van der Waals surface area contributed by atoms with E-state index in [9.17, 15) is 13.0 Å². The second kappa shape index (κ2) is 3.78. The van der Waals surface area contributed by atoms with Gasteiger partial charge >= 0.3 is 0 Å². The molecular weight excluding hydrogens is 148 g/mol. The van der Waals surface area contributed by atoms with E-state index in [2.05, 4.69) is 8.92 Å². The molecule has 56 valence electrons. The number of hydrogen-bond donors (Lipinski definition) is 0. The zero-order valence-electron chi connectivity index (χ0n) is 4.86. The van der Waals surface area contributed by atoms with Crippen molar-refractivity contribution < 1.29 is 21.9 Å². The van der Waals surface area contributed by atoms with E-state index in [0.29, 0.717) is 0 Å². The van der Waals surface area contributed by atoms with Crippen molar-refractivity contribution in [3.8, 4) is 0 Å². The fraction of sp³-hybridized carbons (Fsp3) is 1.00. The predicted molar refractivity (Wildman–Crippen MR) is 27.5 cm³/mol. The second-order valence-corrected chi connectivity index (χ2v) is 2.28. The van der Waals surface area contributed by atoms with Gasteiger partial charge in [0.25, 0.3) is 0 Å². The molecule has 0 unspecified atom stereocenters. The standard InChI is InChI=1S/C3H8O5S/c1-7-2-3-8-9(4,5)6/h2-3H2,1H3,(H,4,5,6)/p-1. The van der Waals surface area contributed by atoms with Crippen LogP contribution in [0.25, 0.3) is 0 Å². The molecule has 0 bridgehead atoms.